The third kappa shape index (κ3) is 5.12. The van der Waals surface area contributed by atoms with Crippen molar-refractivity contribution in [1.82, 2.24) is 15.1 Å². The summed E-state index contributed by atoms with van der Waals surface area (Å²) in [6, 6.07) is 12.6. The minimum absolute atomic E-state index is 0.0188. The van der Waals surface area contributed by atoms with E-state index < -0.39 is 0 Å². The van der Waals surface area contributed by atoms with Gasteiger partial charge in [0.05, 0.1) is 31.4 Å². The van der Waals surface area contributed by atoms with Crippen LogP contribution in [0.4, 0.5) is 4.79 Å². The van der Waals surface area contributed by atoms with Gasteiger partial charge in [-0.05, 0) is 55.5 Å². The van der Waals surface area contributed by atoms with Gasteiger partial charge in [0, 0.05) is 24.2 Å². The van der Waals surface area contributed by atoms with Crippen molar-refractivity contribution in [3.8, 4) is 11.5 Å². The summed E-state index contributed by atoms with van der Waals surface area (Å²) >= 11 is 6.24. The highest BCUT2D eigenvalue weighted by Crippen LogP contribution is 2.44. The van der Waals surface area contributed by atoms with Crippen LogP contribution < -0.4 is 14.8 Å². The molecule has 9 heteroatoms. The van der Waals surface area contributed by atoms with Crippen molar-refractivity contribution in [1.29, 1.82) is 0 Å². The highest BCUT2D eigenvalue weighted by atomic mass is 35.5. The van der Waals surface area contributed by atoms with Crippen LogP contribution in [0.3, 0.4) is 0 Å². The largest absolute Gasteiger partial charge is 0.497 e. The van der Waals surface area contributed by atoms with Crippen LogP contribution in [0.15, 0.2) is 47.5 Å². The molecule has 2 fully saturated rings. The Morgan fingerprint density at radius 1 is 1.16 bits per heavy atom. The second-order valence-corrected chi connectivity index (χ2v) is 10.1. The second kappa shape index (κ2) is 11.0. The zero-order valence-electron chi connectivity index (χ0n) is 21.3. The fraction of sp³-hybridized carbons (Fsp3) is 0.464. The van der Waals surface area contributed by atoms with Crippen LogP contribution in [0.1, 0.15) is 49.8 Å². The Balaban J connectivity index is 1.65. The van der Waals surface area contributed by atoms with E-state index in [2.05, 4.69) is 5.32 Å². The number of hydrogen-bond acceptors (Lipinski definition) is 5. The standard InChI is InChI=1S/C28H33ClN4O4/c1-3-37-23-16-21(36-2)12-13-22(23)27-31-25(18-6-4-5-7-18)26(19-8-10-20(29)11-9-19)33(27)28(35)32-15-14-30-24(34)17-32/h8-13,16,18,25-26H,3-7,14-15,17H2,1-2H3,(H,30,34). The van der Waals surface area contributed by atoms with E-state index in [1.165, 1.54) is 0 Å². The summed E-state index contributed by atoms with van der Waals surface area (Å²) in [7, 11) is 1.61. The molecular weight excluding hydrogens is 492 g/mol. The maximum Gasteiger partial charge on any atom is 0.326 e. The van der Waals surface area contributed by atoms with Crippen molar-refractivity contribution in [3.05, 3.63) is 58.6 Å². The fourth-order valence-electron chi connectivity index (χ4n) is 5.68. The molecule has 37 heavy (non-hydrogen) atoms. The Bertz CT molecular complexity index is 1180. The smallest absolute Gasteiger partial charge is 0.326 e. The predicted molar refractivity (Wildman–Crippen MR) is 142 cm³/mol. The molecule has 1 aliphatic carbocycles. The van der Waals surface area contributed by atoms with E-state index in [1.807, 2.05) is 49.4 Å². The van der Waals surface area contributed by atoms with E-state index in [4.69, 9.17) is 26.1 Å². The van der Waals surface area contributed by atoms with Crippen molar-refractivity contribution in [3.63, 3.8) is 0 Å². The normalized spacial score (nSPS) is 22.1. The van der Waals surface area contributed by atoms with Crippen molar-refractivity contribution in [2.75, 3.05) is 33.4 Å². The van der Waals surface area contributed by atoms with Crippen molar-refractivity contribution in [2.45, 2.75) is 44.7 Å². The molecule has 2 aromatic carbocycles. The van der Waals surface area contributed by atoms with Gasteiger partial charge in [-0.15, -0.1) is 0 Å². The molecule has 0 radical (unpaired) electrons. The van der Waals surface area contributed by atoms with Gasteiger partial charge in [-0.1, -0.05) is 36.6 Å². The van der Waals surface area contributed by atoms with Gasteiger partial charge in [0.25, 0.3) is 0 Å². The SMILES string of the molecule is CCOc1cc(OC)ccc1C1=NC(C2CCCC2)C(c2ccc(Cl)cc2)N1C(=O)N1CCNC(=O)C1. The average Bonchev–Trinajstić information content (AvgIpc) is 3.57. The number of methoxy groups -OCH3 is 1. The van der Waals surface area contributed by atoms with Gasteiger partial charge >= 0.3 is 6.03 Å². The molecule has 2 heterocycles. The highest BCUT2D eigenvalue weighted by Gasteiger charge is 2.47. The molecule has 1 saturated carbocycles. The van der Waals surface area contributed by atoms with Crippen LogP contribution in [0.25, 0.3) is 0 Å². The number of hydrogen-bond donors (Lipinski definition) is 1. The second-order valence-electron chi connectivity index (χ2n) is 9.70. The van der Waals surface area contributed by atoms with Gasteiger partial charge in [0.1, 0.15) is 23.9 Å². The lowest BCUT2D eigenvalue weighted by Gasteiger charge is -2.36. The summed E-state index contributed by atoms with van der Waals surface area (Å²) in [5.41, 5.74) is 1.71. The van der Waals surface area contributed by atoms with E-state index in [1.54, 1.807) is 16.9 Å². The number of halogens is 1. The summed E-state index contributed by atoms with van der Waals surface area (Å²) in [4.78, 5) is 35.1. The number of nitrogens with one attached hydrogen (secondary N) is 1. The number of benzene rings is 2. The average molecular weight is 525 g/mol. The third-order valence-corrected chi connectivity index (χ3v) is 7.69. The quantitative estimate of drug-likeness (QED) is 0.595. The van der Waals surface area contributed by atoms with Crippen LogP contribution in [0.5, 0.6) is 11.5 Å². The molecule has 2 aliphatic heterocycles. The molecule has 2 aromatic rings. The number of carbonyl (C=O) groups is 2. The number of ether oxygens (including phenoxy) is 2. The van der Waals surface area contributed by atoms with Gasteiger partial charge in [-0.2, -0.15) is 0 Å². The van der Waals surface area contributed by atoms with Gasteiger partial charge in [0.2, 0.25) is 5.91 Å². The molecule has 0 spiro atoms. The monoisotopic (exact) mass is 524 g/mol. The predicted octanol–water partition coefficient (Wildman–Crippen LogP) is 4.66. The highest BCUT2D eigenvalue weighted by molar-refractivity contribution is 6.30. The van der Waals surface area contributed by atoms with E-state index in [0.29, 0.717) is 48.0 Å². The molecule has 0 aromatic heterocycles. The summed E-state index contributed by atoms with van der Waals surface area (Å²) in [6.07, 6.45) is 4.46. The third-order valence-electron chi connectivity index (χ3n) is 7.44. The first-order valence-corrected chi connectivity index (χ1v) is 13.4. The van der Waals surface area contributed by atoms with Gasteiger partial charge in [-0.3, -0.25) is 14.7 Å². The Kier molecular flexibility index (Phi) is 7.55. The Morgan fingerprint density at radius 2 is 1.92 bits per heavy atom. The minimum atomic E-state index is -0.315. The summed E-state index contributed by atoms with van der Waals surface area (Å²) in [6.45, 7) is 3.27. The van der Waals surface area contributed by atoms with Crippen LogP contribution in [0, 0.1) is 5.92 Å². The molecular formula is C28H33ClN4O4. The molecule has 1 saturated heterocycles. The number of nitrogens with zero attached hydrogens (tertiary/aromatic N) is 3. The maximum absolute atomic E-state index is 14.2. The van der Waals surface area contributed by atoms with Crippen molar-refractivity contribution >= 4 is 29.4 Å². The van der Waals surface area contributed by atoms with Crippen molar-refractivity contribution < 1.29 is 19.1 Å². The number of amidine groups is 1. The van der Waals surface area contributed by atoms with Crippen LogP contribution in [-0.2, 0) is 4.79 Å². The number of amides is 3. The molecule has 5 rings (SSSR count). The molecule has 0 bridgehead atoms. The lowest BCUT2D eigenvalue weighted by Crippen LogP contribution is -2.55. The molecule has 8 nitrogen and oxygen atoms in total. The van der Waals surface area contributed by atoms with Gasteiger partial charge < -0.3 is 19.7 Å². The molecule has 2 unspecified atom stereocenters. The molecule has 3 aliphatic rings. The zero-order valence-corrected chi connectivity index (χ0v) is 22.0. The van der Waals surface area contributed by atoms with E-state index in [-0.39, 0.29) is 30.6 Å². The number of carbonyl (C=O) groups excluding carboxylic acids is 2. The first-order chi connectivity index (χ1) is 18.0. The zero-order chi connectivity index (χ0) is 25.9. The molecule has 196 valence electrons. The molecule has 3 amide bonds. The van der Waals surface area contributed by atoms with Crippen molar-refractivity contribution in [2.24, 2.45) is 10.9 Å². The number of urea groups is 1. The maximum atomic E-state index is 14.2. The first kappa shape index (κ1) is 25.4. The minimum Gasteiger partial charge on any atom is -0.497 e. The van der Waals surface area contributed by atoms with Crippen LogP contribution in [0.2, 0.25) is 5.02 Å². The van der Waals surface area contributed by atoms with Gasteiger partial charge in [-0.25, -0.2) is 4.79 Å². The van der Waals surface area contributed by atoms with Crippen LogP contribution in [-0.4, -0.2) is 67.0 Å². The summed E-state index contributed by atoms with van der Waals surface area (Å²) in [5.74, 6) is 2.03. The molecule has 2 atom stereocenters. The Hall–Kier alpha value is -3.26. The van der Waals surface area contributed by atoms with E-state index >= 15 is 0 Å². The first-order valence-electron chi connectivity index (χ1n) is 13.0. The van der Waals surface area contributed by atoms with E-state index in [9.17, 15) is 9.59 Å². The topological polar surface area (TPSA) is 83.5 Å². The molecule has 1 N–H and O–H groups in total. The Labute approximate surface area is 222 Å². The number of piperazine rings is 1. The fourth-order valence-corrected chi connectivity index (χ4v) is 5.81. The van der Waals surface area contributed by atoms with Gasteiger partial charge in [0.15, 0.2) is 0 Å². The lowest BCUT2D eigenvalue weighted by atomic mass is 9.88. The van der Waals surface area contributed by atoms with Crippen LogP contribution >= 0.6 is 11.6 Å². The number of aliphatic imine (C=N–C) groups is 1. The summed E-state index contributed by atoms with van der Waals surface area (Å²) in [5, 5.41) is 3.45. The number of rotatable bonds is 6. The Morgan fingerprint density at radius 3 is 2.59 bits per heavy atom. The summed E-state index contributed by atoms with van der Waals surface area (Å²) < 4.78 is 11.4. The lowest BCUT2D eigenvalue weighted by molar-refractivity contribution is -0.123. The van der Waals surface area contributed by atoms with E-state index in [0.717, 1.165) is 36.8 Å².